The van der Waals surface area contributed by atoms with Crippen molar-refractivity contribution in [2.24, 2.45) is 5.92 Å². The van der Waals surface area contributed by atoms with Gasteiger partial charge in [0.25, 0.3) is 0 Å². The maximum Gasteiger partial charge on any atom is 0.416 e. The molecule has 0 unspecified atom stereocenters. The fourth-order valence-electron chi connectivity index (χ4n) is 1.97. The first-order valence-corrected chi connectivity index (χ1v) is 7.76. The average molecular weight is 360 g/mol. The van der Waals surface area contributed by atoms with Crippen LogP contribution >= 0.6 is 0 Å². The van der Waals surface area contributed by atoms with E-state index in [1.807, 2.05) is 0 Å². The fourth-order valence-corrected chi connectivity index (χ4v) is 1.97. The summed E-state index contributed by atoms with van der Waals surface area (Å²) in [4.78, 5) is 11.9. The van der Waals surface area contributed by atoms with Crippen LogP contribution in [0.4, 0.5) is 18.9 Å². The lowest BCUT2D eigenvalue weighted by atomic mass is 10.0. The van der Waals surface area contributed by atoms with E-state index >= 15 is 0 Å². The smallest absolute Gasteiger partial charge is 0.416 e. The number of nitrogens with one attached hydrogen (secondary N) is 1. The van der Waals surface area contributed by atoms with Crippen LogP contribution in [0.15, 0.2) is 18.2 Å². The molecule has 0 aliphatic heterocycles. The third-order valence-electron chi connectivity index (χ3n) is 3.23. The Morgan fingerprint density at radius 1 is 1.24 bits per heavy atom. The van der Waals surface area contributed by atoms with Gasteiger partial charge in [0.1, 0.15) is 17.1 Å². The van der Waals surface area contributed by atoms with Gasteiger partial charge < -0.3 is 15.2 Å². The number of hydrogen-bond donors (Lipinski definition) is 2. The zero-order valence-electron chi connectivity index (χ0n) is 14.7. The quantitative estimate of drug-likeness (QED) is 0.455. The molecule has 8 heteroatoms. The van der Waals surface area contributed by atoms with E-state index in [1.54, 1.807) is 27.7 Å². The number of esters is 1. The number of nitrogen functional groups attached to an aromatic ring is 1. The van der Waals surface area contributed by atoms with Crippen molar-refractivity contribution in [3.8, 4) is 5.75 Å². The summed E-state index contributed by atoms with van der Waals surface area (Å²) >= 11 is 0. The molecule has 25 heavy (non-hydrogen) atoms. The summed E-state index contributed by atoms with van der Waals surface area (Å²) in [5.41, 5.74) is 3.46. The van der Waals surface area contributed by atoms with E-state index in [-0.39, 0.29) is 23.8 Å². The van der Waals surface area contributed by atoms with Crippen molar-refractivity contribution in [3.63, 3.8) is 0 Å². The van der Waals surface area contributed by atoms with Gasteiger partial charge in [-0.15, -0.1) is 0 Å². The Morgan fingerprint density at radius 2 is 1.84 bits per heavy atom. The normalized spacial score (nSPS) is 13.2. The summed E-state index contributed by atoms with van der Waals surface area (Å²) in [7, 11) is 0. The lowest BCUT2D eigenvalue weighted by Gasteiger charge is -2.22. The molecular weight excluding hydrogens is 337 g/mol. The molecule has 3 N–H and O–H groups in total. The van der Waals surface area contributed by atoms with Gasteiger partial charge in [-0.2, -0.15) is 13.2 Å². The Kier molecular flexibility index (Phi) is 6.45. The summed E-state index contributed by atoms with van der Waals surface area (Å²) in [6, 6.07) is 2.91. The number of rotatable bonds is 6. The van der Waals surface area contributed by atoms with Gasteiger partial charge in [-0.3, -0.25) is 5.41 Å². The van der Waals surface area contributed by atoms with E-state index in [1.165, 1.54) is 6.07 Å². The molecule has 5 nitrogen and oxygen atoms in total. The van der Waals surface area contributed by atoms with Gasteiger partial charge in [0, 0.05) is 17.7 Å². The number of anilines is 1. The minimum absolute atomic E-state index is 0.0669. The first-order chi connectivity index (χ1) is 11.3. The monoisotopic (exact) mass is 360 g/mol. The van der Waals surface area contributed by atoms with Gasteiger partial charge >= 0.3 is 12.1 Å². The molecule has 0 bridgehead atoms. The Hall–Kier alpha value is -2.25. The van der Waals surface area contributed by atoms with E-state index in [0.717, 1.165) is 12.1 Å². The molecule has 0 aliphatic carbocycles. The van der Waals surface area contributed by atoms with Crippen molar-refractivity contribution in [2.45, 2.75) is 45.9 Å². The van der Waals surface area contributed by atoms with Gasteiger partial charge in [-0.25, -0.2) is 4.79 Å². The second-order valence-electron chi connectivity index (χ2n) is 6.62. The van der Waals surface area contributed by atoms with Gasteiger partial charge in [0.2, 0.25) is 0 Å². The predicted molar refractivity (Wildman–Crippen MR) is 88.7 cm³/mol. The number of hydrogen-bond acceptors (Lipinski definition) is 5. The summed E-state index contributed by atoms with van der Waals surface area (Å²) < 4.78 is 48.9. The summed E-state index contributed by atoms with van der Waals surface area (Å²) in [5.74, 6) is -1.44. The van der Waals surface area contributed by atoms with Crippen LogP contribution in [0.25, 0.3) is 0 Å². The van der Waals surface area contributed by atoms with Crippen LogP contribution in [0.5, 0.6) is 5.75 Å². The van der Waals surface area contributed by atoms with Crippen LogP contribution in [0.1, 0.15) is 39.7 Å². The molecule has 1 rings (SSSR count). The minimum Gasteiger partial charge on any atom is -0.493 e. The van der Waals surface area contributed by atoms with E-state index in [2.05, 4.69) is 0 Å². The van der Waals surface area contributed by atoms with E-state index < -0.39 is 29.2 Å². The molecule has 0 fully saturated rings. The molecule has 1 aromatic carbocycles. The fraction of sp³-hybridized carbons (Fsp3) is 0.529. The highest BCUT2D eigenvalue weighted by atomic mass is 19.4. The molecule has 1 aromatic rings. The third-order valence-corrected chi connectivity index (χ3v) is 3.23. The molecule has 140 valence electrons. The Labute approximate surface area is 144 Å². The molecule has 0 saturated carbocycles. The predicted octanol–water partition coefficient (Wildman–Crippen LogP) is 4.05. The highest BCUT2D eigenvalue weighted by Gasteiger charge is 2.31. The number of nitrogens with two attached hydrogens (primary N) is 1. The molecule has 0 heterocycles. The number of benzene rings is 1. The van der Waals surface area contributed by atoms with Crippen LogP contribution < -0.4 is 10.5 Å². The second kappa shape index (κ2) is 7.76. The lowest BCUT2D eigenvalue weighted by Crippen LogP contribution is -2.34. The zero-order chi connectivity index (χ0) is 19.4. The Morgan fingerprint density at radius 3 is 2.32 bits per heavy atom. The SMILES string of the molecule is CC[C@H](COc1cc(N)cc(C(F)(F)F)c1)C(=N)C(=O)OC(C)(C)C. The van der Waals surface area contributed by atoms with E-state index in [9.17, 15) is 18.0 Å². The van der Waals surface area contributed by atoms with Crippen molar-refractivity contribution in [1.29, 1.82) is 5.41 Å². The third kappa shape index (κ3) is 6.64. The van der Waals surface area contributed by atoms with Crippen LogP contribution in [-0.4, -0.2) is 23.9 Å². The molecule has 0 amide bonds. The molecule has 0 radical (unpaired) electrons. The standard InChI is InChI=1S/C17H23F3N2O3/c1-5-10(14(22)15(23)25-16(2,3)4)9-24-13-7-11(17(18,19)20)6-12(21)8-13/h6-8,10,22H,5,9,21H2,1-4H3/t10-/m1/s1. The van der Waals surface area contributed by atoms with Crippen molar-refractivity contribution in [1.82, 2.24) is 0 Å². The topological polar surface area (TPSA) is 85.4 Å². The number of carbonyl (C=O) groups excluding carboxylic acids is 1. The van der Waals surface area contributed by atoms with Crippen LogP contribution in [0.3, 0.4) is 0 Å². The summed E-state index contributed by atoms with van der Waals surface area (Å²) in [6.07, 6.45) is -4.15. The number of alkyl halides is 3. The van der Waals surface area contributed by atoms with Gasteiger partial charge in [-0.1, -0.05) is 6.92 Å². The molecule has 0 aliphatic rings. The van der Waals surface area contributed by atoms with Crippen molar-refractivity contribution in [2.75, 3.05) is 12.3 Å². The van der Waals surface area contributed by atoms with Crippen LogP contribution in [0.2, 0.25) is 0 Å². The minimum atomic E-state index is -4.54. The molecule has 1 atom stereocenters. The molecule has 0 aromatic heterocycles. The van der Waals surface area contributed by atoms with Crippen LogP contribution in [0, 0.1) is 11.3 Å². The average Bonchev–Trinajstić information content (AvgIpc) is 2.44. The van der Waals surface area contributed by atoms with Crippen molar-refractivity contribution >= 4 is 17.4 Å². The number of carbonyl (C=O) groups is 1. The highest BCUT2D eigenvalue weighted by Crippen LogP contribution is 2.33. The first-order valence-electron chi connectivity index (χ1n) is 7.76. The van der Waals surface area contributed by atoms with Gasteiger partial charge in [0.15, 0.2) is 0 Å². The largest absolute Gasteiger partial charge is 0.493 e. The maximum absolute atomic E-state index is 12.8. The second-order valence-corrected chi connectivity index (χ2v) is 6.62. The molecule has 0 saturated heterocycles. The lowest BCUT2D eigenvalue weighted by molar-refractivity contribution is -0.146. The molecule has 0 spiro atoms. The van der Waals surface area contributed by atoms with E-state index in [4.69, 9.17) is 20.6 Å². The van der Waals surface area contributed by atoms with Gasteiger partial charge in [-0.05, 0) is 39.3 Å². The number of ether oxygens (including phenoxy) is 2. The Balaban J connectivity index is 2.82. The number of halogens is 3. The summed E-state index contributed by atoms with van der Waals surface area (Å²) in [5, 5.41) is 7.92. The van der Waals surface area contributed by atoms with Crippen molar-refractivity contribution < 1.29 is 27.4 Å². The first kappa shape index (κ1) is 20.8. The Bertz CT molecular complexity index is 637. The molecular formula is C17H23F3N2O3. The van der Waals surface area contributed by atoms with E-state index in [0.29, 0.717) is 6.42 Å². The highest BCUT2D eigenvalue weighted by molar-refractivity contribution is 6.36. The summed E-state index contributed by atoms with van der Waals surface area (Å²) in [6.45, 7) is 6.66. The zero-order valence-corrected chi connectivity index (χ0v) is 14.7. The van der Waals surface area contributed by atoms with Crippen molar-refractivity contribution in [3.05, 3.63) is 23.8 Å². The van der Waals surface area contributed by atoms with Crippen LogP contribution in [-0.2, 0) is 15.7 Å². The maximum atomic E-state index is 12.8. The van der Waals surface area contributed by atoms with Gasteiger partial charge in [0.05, 0.1) is 12.2 Å².